The number of hydrogen-bond donors (Lipinski definition) is 1. The highest BCUT2D eigenvalue weighted by atomic mass is 16.6. The molecule has 0 amide bonds. The number of ether oxygens (including phenoxy) is 2. The number of carbonyl (C=O) groups is 1. The summed E-state index contributed by atoms with van der Waals surface area (Å²) in [5.74, 6) is 0.753. The van der Waals surface area contributed by atoms with Crippen molar-refractivity contribution in [3.8, 4) is 0 Å². The first-order valence-electron chi connectivity index (χ1n) is 9.24. The Bertz CT molecular complexity index is 1120. The lowest BCUT2D eigenvalue weighted by atomic mass is 10.2. The summed E-state index contributed by atoms with van der Waals surface area (Å²) in [5.41, 5.74) is 3.07. The van der Waals surface area contributed by atoms with Crippen LogP contribution in [0.1, 0.15) is 32.2 Å². The van der Waals surface area contributed by atoms with Gasteiger partial charge in [0.1, 0.15) is 18.0 Å². The van der Waals surface area contributed by atoms with Gasteiger partial charge in [-0.05, 0) is 44.5 Å². The molecule has 0 saturated carbocycles. The van der Waals surface area contributed by atoms with Gasteiger partial charge in [-0.25, -0.2) is 9.78 Å². The zero-order valence-corrected chi connectivity index (χ0v) is 16.2. The third-order valence-electron chi connectivity index (χ3n) is 4.31. The molecule has 4 aromatic rings. The topological polar surface area (TPSA) is 69.1 Å². The molecule has 2 heterocycles. The zero-order chi connectivity index (χ0) is 19.7. The number of hydrogen-bond acceptors (Lipinski definition) is 4. The number of aromatic nitrogens is 3. The van der Waals surface area contributed by atoms with Gasteiger partial charge in [0.25, 0.3) is 0 Å². The number of H-pyrrole nitrogens is 1. The SMILES string of the molecule is CC(C)(C)OC(=O)n1ccc2c3nc(COCc4ccccc4)[nH]c3ccc21. The van der Waals surface area contributed by atoms with Gasteiger partial charge in [0, 0.05) is 11.6 Å². The monoisotopic (exact) mass is 377 g/mol. The Morgan fingerprint density at radius 1 is 1.07 bits per heavy atom. The maximum absolute atomic E-state index is 12.4. The largest absolute Gasteiger partial charge is 0.443 e. The molecule has 6 nitrogen and oxygen atoms in total. The van der Waals surface area contributed by atoms with Crippen LogP contribution in [-0.2, 0) is 22.7 Å². The van der Waals surface area contributed by atoms with E-state index in [1.54, 1.807) is 6.20 Å². The average Bonchev–Trinajstić information content (AvgIpc) is 3.24. The Balaban J connectivity index is 1.56. The Kier molecular flexibility index (Phi) is 4.65. The van der Waals surface area contributed by atoms with Gasteiger partial charge in [-0.3, -0.25) is 4.57 Å². The van der Waals surface area contributed by atoms with Crippen LogP contribution in [0.5, 0.6) is 0 Å². The van der Waals surface area contributed by atoms with E-state index >= 15 is 0 Å². The van der Waals surface area contributed by atoms with Gasteiger partial charge in [0.15, 0.2) is 0 Å². The van der Waals surface area contributed by atoms with E-state index in [0.29, 0.717) is 13.2 Å². The highest BCUT2D eigenvalue weighted by molar-refractivity contribution is 6.05. The molecule has 0 aliphatic carbocycles. The summed E-state index contributed by atoms with van der Waals surface area (Å²) in [7, 11) is 0. The van der Waals surface area contributed by atoms with Crippen LogP contribution >= 0.6 is 0 Å². The molecule has 4 rings (SSSR count). The van der Waals surface area contributed by atoms with Crippen LogP contribution in [0.3, 0.4) is 0 Å². The fourth-order valence-corrected chi connectivity index (χ4v) is 3.12. The molecule has 0 aliphatic heterocycles. The normalized spacial score (nSPS) is 12.0. The number of carbonyl (C=O) groups excluding carboxylic acids is 1. The second-order valence-corrected chi connectivity index (χ2v) is 7.72. The van der Waals surface area contributed by atoms with E-state index in [9.17, 15) is 4.79 Å². The average molecular weight is 377 g/mol. The standard InChI is InChI=1S/C22H23N3O3/c1-22(2,3)28-21(26)25-12-11-16-18(25)10-9-17-20(16)24-19(23-17)14-27-13-15-7-5-4-6-8-15/h4-12H,13-14H2,1-3H3,(H,23,24). The van der Waals surface area contributed by atoms with Crippen LogP contribution < -0.4 is 0 Å². The molecule has 0 bridgehead atoms. The first kappa shape index (κ1) is 18.3. The number of fused-ring (bicyclic) bond motifs is 3. The van der Waals surface area contributed by atoms with Crippen molar-refractivity contribution in [3.05, 3.63) is 66.1 Å². The van der Waals surface area contributed by atoms with Gasteiger partial charge in [0.2, 0.25) is 0 Å². The summed E-state index contributed by atoms with van der Waals surface area (Å²) in [4.78, 5) is 20.4. The number of nitrogens with one attached hydrogen (secondary N) is 1. The maximum atomic E-state index is 12.4. The smallest absolute Gasteiger partial charge is 0.418 e. The van der Waals surface area contributed by atoms with Crippen molar-refractivity contribution < 1.29 is 14.3 Å². The Labute approximate surface area is 163 Å². The number of rotatable bonds is 4. The lowest BCUT2D eigenvalue weighted by molar-refractivity contribution is 0.0544. The van der Waals surface area contributed by atoms with Crippen LogP contribution in [0.15, 0.2) is 54.7 Å². The molecule has 0 unspecified atom stereocenters. The van der Waals surface area contributed by atoms with Crippen molar-refractivity contribution in [2.24, 2.45) is 0 Å². The Hall–Kier alpha value is -3.12. The quantitative estimate of drug-likeness (QED) is 0.542. The molecular formula is C22H23N3O3. The van der Waals surface area contributed by atoms with Gasteiger partial charge in [-0.1, -0.05) is 30.3 Å². The molecule has 0 saturated heterocycles. The fourth-order valence-electron chi connectivity index (χ4n) is 3.12. The minimum absolute atomic E-state index is 0.387. The minimum atomic E-state index is -0.548. The maximum Gasteiger partial charge on any atom is 0.418 e. The van der Waals surface area contributed by atoms with Gasteiger partial charge in [-0.2, -0.15) is 0 Å². The van der Waals surface area contributed by atoms with E-state index in [4.69, 9.17) is 9.47 Å². The molecule has 0 fully saturated rings. The number of imidazole rings is 1. The molecule has 0 aliphatic rings. The summed E-state index contributed by atoms with van der Waals surface area (Å²) in [5, 5.41) is 0.897. The van der Waals surface area contributed by atoms with Crippen molar-refractivity contribution >= 4 is 28.0 Å². The van der Waals surface area contributed by atoms with E-state index < -0.39 is 11.7 Å². The number of benzene rings is 2. The van der Waals surface area contributed by atoms with Crippen molar-refractivity contribution in [3.63, 3.8) is 0 Å². The van der Waals surface area contributed by atoms with Crippen LogP contribution in [0, 0.1) is 0 Å². The van der Waals surface area contributed by atoms with Gasteiger partial charge in [0.05, 0.1) is 23.2 Å². The summed E-state index contributed by atoms with van der Waals surface area (Å²) >= 11 is 0. The molecule has 0 radical (unpaired) electrons. The number of nitrogens with zero attached hydrogens (tertiary/aromatic N) is 2. The summed E-state index contributed by atoms with van der Waals surface area (Å²) in [6.45, 7) is 6.47. The second-order valence-electron chi connectivity index (χ2n) is 7.72. The van der Waals surface area contributed by atoms with Crippen molar-refractivity contribution in [2.45, 2.75) is 39.6 Å². The molecule has 144 valence electrons. The molecule has 6 heteroatoms. The first-order chi connectivity index (χ1) is 13.4. The highest BCUT2D eigenvalue weighted by Crippen LogP contribution is 2.26. The fraction of sp³-hybridized carbons (Fsp3) is 0.273. The lowest BCUT2D eigenvalue weighted by Crippen LogP contribution is -2.26. The molecule has 0 spiro atoms. The lowest BCUT2D eigenvalue weighted by Gasteiger charge is -2.19. The molecule has 1 N–H and O–H groups in total. The Morgan fingerprint density at radius 3 is 2.61 bits per heavy atom. The zero-order valence-electron chi connectivity index (χ0n) is 16.2. The van der Waals surface area contributed by atoms with E-state index in [2.05, 4.69) is 9.97 Å². The molecule has 28 heavy (non-hydrogen) atoms. The predicted molar refractivity (Wildman–Crippen MR) is 108 cm³/mol. The third-order valence-corrected chi connectivity index (χ3v) is 4.31. The summed E-state index contributed by atoms with van der Waals surface area (Å²) in [6, 6.07) is 15.7. The van der Waals surface area contributed by atoms with Gasteiger partial charge < -0.3 is 14.5 Å². The van der Waals surface area contributed by atoms with Gasteiger partial charge >= 0.3 is 6.09 Å². The summed E-state index contributed by atoms with van der Waals surface area (Å²) < 4.78 is 12.8. The first-order valence-corrected chi connectivity index (χ1v) is 9.24. The molecule has 2 aromatic heterocycles. The highest BCUT2D eigenvalue weighted by Gasteiger charge is 2.20. The van der Waals surface area contributed by atoms with E-state index in [1.165, 1.54) is 4.57 Å². The molecular weight excluding hydrogens is 354 g/mol. The minimum Gasteiger partial charge on any atom is -0.443 e. The van der Waals surface area contributed by atoms with Crippen molar-refractivity contribution in [1.29, 1.82) is 0 Å². The molecule has 2 aromatic carbocycles. The number of aromatic amines is 1. The van der Waals surface area contributed by atoms with E-state index in [1.807, 2.05) is 69.3 Å². The molecule has 0 atom stereocenters. The third kappa shape index (κ3) is 3.77. The Morgan fingerprint density at radius 2 is 1.86 bits per heavy atom. The van der Waals surface area contributed by atoms with Crippen LogP contribution in [-0.4, -0.2) is 26.2 Å². The van der Waals surface area contributed by atoms with Crippen LogP contribution in [0.2, 0.25) is 0 Å². The van der Waals surface area contributed by atoms with Crippen molar-refractivity contribution in [2.75, 3.05) is 0 Å². The van der Waals surface area contributed by atoms with Crippen molar-refractivity contribution in [1.82, 2.24) is 14.5 Å². The van der Waals surface area contributed by atoms with E-state index in [0.717, 1.165) is 33.3 Å². The predicted octanol–water partition coefficient (Wildman–Crippen LogP) is 5.02. The second kappa shape index (κ2) is 7.13. The van der Waals surface area contributed by atoms with E-state index in [-0.39, 0.29) is 0 Å². The van der Waals surface area contributed by atoms with Gasteiger partial charge in [-0.15, -0.1) is 0 Å². The van der Waals surface area contributed by atoms with Crippen LogP contribution in [0.4, 0.5) is 4.79 Å². The van der Waals surface area contributed by atoms with Crippen LogP contribution in [0.25, 0.3) is 21.9 Å². The summed E-state index contributed by atoms with van der Waals surface area (Å²) in [6.07, 6.45) is 1.32.